The van der Waals surface area contributed by atoms with Crippen molar-refractivity contribution in [2.75, 3.05) is 0 Å². The molecule has 1 heterocycles. The van der Waals surface area contributed by atoms with Crippen molar-refractivity contribution in [1.82, 2.24) is 4.98 Å². The van der Waals surface area contributed by atoms with Crippen molar-refractivity contribution in [3.8, 4) is 0 Å². The SMILES string of the molecule is ClCc1ccc(SCc2ccc3ncccc3c2)cc1. The molecule has 0 atom stereocenters. The maximum atomic E-state index is 5.79. The van der Waals surface area contributed by atoms with Crippen LogP contribution in [0.25, 0.3) is 10.9 Å². The first-order valence-electron chi connectivity index (χ1n) is 6.46. The smallest absolute Gasteiger partial charge is 0.0702 e. The van der Waals surface area contributed by atoms with Gasteiger partial charge < -0.3 is 0 Å². The summed E-state index contributed by atoms with van der Waals surface area (Å²) in [6.07, 6.45) is 1.83. The van der Waals surface area contributed by atoms with Gasteiger partial charge in [-0.25, -0.2) is 0 Å². The fourth-order valence-corrected chi connectivity index (χ4v) is 3.08. The third-order valence-corrected chi connectivity index (χ3v) is 4.54. The summed E-state index contributed by atoms with van der Waals surface area (Å²) < 4.78 is 0. The standard InChI is InChI=1S/C17H14ClNS/c18-11-13-3-6-16(7-4-13)20-12-14-5-8-17-15(10-14)2-1-9-19-17/h1-10H,11-12H2. The molecule has 0 aliphatic carbocycles. The third kappa shape index (κ3) is 3.14. The molecule has 0 saturated carbocycles. The number of benzene rings is 2. The molecule has 3 rings (SSSR count). The number of halogens is 1. The highest BCUT2D eigenvalue weighted by Gasteiger charge is 1.99. The first kappa shape index (κ1) is 13.5. The van der Waals surface area contributed by atoms with E-state index >= 15 is 0 Å². The predicted molar refractivity (Wildman–Crippen MR) is 87.3 cm³/mol. The van der Waals surface area contributed by atoms with Gasteiger partial charge in [-0.1, -0.05) is 24.3 Å². The van der Waals surface area contributed by atoms with Gasteiger partial charge in [0.15, 0.2) is 0 Å². The molecule has 0 unspecified atom stereocenters. The molecule has 0 saturated heterocycles. The van der Waals surface area contributed by atoms with E-state index in [1.165, 1.54) is 15.8 Å². The number of nitrogens with zero attached hydrogens (tertiary/aromatic N) is 1. The summed E-state index contributed by atoms with van der Waals surface area (Å²) in [5, 5.41) is 1.20. The van der Waals surface area contributed by atoms with Crippen LogP contribution in [-0.2, 0) is 11.6 Å². The van der Waals surface area contributed by atoms with E-state index < -0.39 is 0 Å². The van der Waals surface area contributed by atoms with Crippen LogP contribution >= 0.6 is 23.4 Å². The zero-order valence-electron chi connectivity index (χ0n) is 10.9. The van der Waals surface area contributed by atoms with Gasteiger partial charge in [-0.05, 0) is 41.5 Å². The number of rotatable bonds is 4. The van der Waals surface area contributed by atoms with Crippen molar-refractivity contribution in [3.63, 3.8) is 0 Å². The van der Waals surface area contributed by atoms with Crippen LogP contribution in [0.2, 0.25) is 0 Å². The van der Waals surface area contributed by atoms with Crippen LogP contribution in [-0.4, -0.2) is 4.98 Å². The molecule has 0 spiro atoms. The van der Waals surface area contributed by atoms with Gasteiger partial charge in [0.25, 0.3) is 0 Å². The van der Waals surface area contributed by atoms with Crippen molar-refractivity contribution in [2.45, 2.75) is 16.5 Å². The number of alkyl halides is 1. The number of thioether (sulfide) groups is 1. The minimum Gasteiger partial charge on any atom is -0.256 e. The number of hydrogen-bond acceptors (Lipinski definition) is 2. The molecular weight excluding hydrogens is 286 g/mol. The normalized spacial score (nSPS) is 10.8. The Morgan fingerprint density at radius 1 is 0.950 bits per heavy atom. The zero-order valence-corrected chi connectivity index (χ0v) is 12.5. The zero-order chi connectivity index (χ0) is 13.8. The highest BCUT2D eigenvalue weighted by molar-refractivity contribution is 7.98. The van der Waals surface area contributed by atoms with Gasteiger partial charge in [-0.3, -0.25) is 4.98 Å². The van der Waals surface area contributed by atoms with Crippen molar-refractivity contribution in [2.24, 2.45) is 0 Å². The third-order valence-electron chi connectivity index (χ3n) is 3.15. The quantitative estimate of drug-likeness (QED) is 0.481. The highest BCUT2D eigenvalue weighted by atomic mass is 35.5. The predicted octanol–water partition coefficient (Wildman–Crippen LogP) is 5.27. The Labute approximate surface area is 128 Å². The topological polar surface area (TPSA) is 12.9 Å². The molecule has 0 aliphatic rings. The van der Waals surface area contributed by atoms with Crippen LogP contribution < -0.4 is 0 Å². The van der Waals surface area contributed by atoms with Gasteiger partial charge in [0.2, 0.25) is 0 Å². The summed E-state index contributed by atoms with van der Waals surface area (Å²) in [6, 6.07) is 18.9. The van der Waals surface area contributed by atoms with E-state index in [1.807, 2.05) is 24.0 Å². The van der Waals surface area contributed by atoms with Crippen LogP contribution in [0.4, 0.5) is 0 Å². The lowest BCUT2D eigenvalue weighted by molar-refractivity contribution is 1.33. The second kappa shape index (κ2) is 6.29. The van der Waals surface area contributed by atoms with Crippen LogP contribution in [0.3, 0.4) is 0 Å². The summed E-state index contributed by atoms with van der Waals surface area (Å²) in [6.45, 7) is 0. The fourth-order valence-electron chi connectivity index (χ4n) is 2.06. The second-order valence-corrected chi connectivity index (χ2v) is 5.91. The first-order chi connectivity index (χ1) is 9.85. The molecule has 0 radical (unpaired) electrons. The molecule has 0 bridgehead atoms. The highest BCUT2D eigenvalue weighted by Crippen LogP contribution is 2.25. The van der Waals surface area contributed by atoms with E-state index in [0.717, 1.165) is 16.8 Å². The van der Waals surface area contributed by atoms with Gasteiger partial charge in [-0.2, -0.15) is 0 Å². The average molecular weight is 300 g/mol. The molecule has 0 aliphatic heterocycles. The molecule has 20 heavy (non-hydrogen) atoms. The van der Waals surface area contributed by atoms with E-state index in [1.54, 1.807) is 0 Å². The Morgan fingerprint density at radius 2 is 1.75 bits per heavy atom. The van der Waals surface area contributed by atoms with Crippen LogP contribution in [0.1, 0.15) is 11.1 Å². The van der Waals surface area contributed by atoms with Gasteiger partial charge >= 0.3 is 0 Å². The minimum absolute atomic E-state index is 0.572. The molecular formula is C17H14ClNS. The summed E-state index contributed by atoms with van der Waals surface area (Å²) >= 11 is 7.63. The Kier molecular flexibility index (Phi) is 4.24. The van der Waals surface area contributed by atoms with E-state index in [9.17, 15) is 0 Å². The van der Waals surface area contributed by atoms with Gasteiger partial charge in [0.1, 0.15) is 0 Å². The Morgan fingerprint density at radius 3 is 2.55 bits per heavy atom. The summed E-state index contributed by atoms with van der Waals surface area (Å²) in [4.78, 5) is 5.61. The molecule has 3 heteroatoms. The Hall–Kier alpha value is -1.51. The Bertz CT molecular complexity index is 710. The van der Waals surface area contributed by atoms with Crippen LogP contribution in [0, 0.1) is 0 Å². The molecule has 0 N–H and O–H groups in total. The summed E-state index contributed by atoms with van der Waals surface area (Å²) in [5.41, 5.74) is 3.53. The van der Waals surface area contributed by atoms with Crippen molar-refractivity contribution < 1.29 is 0 Å². The molecule has 3 aromatic rings. The molecule has 0 amide bonds. The van der Waals surface area contributed by atoms with Gasteiger partial charge in [-0.15, -0.1) is 23.4 Å². The van der Waals surface area contributed by atoms with Gasteiger partial charge in [0, 0.05) is 28.1 Å². The number of aromatic nitrogens is 1. The summed E-state index contributed by atoms with van der Waals surface area (Å²) in [5.74, 6) is 1.54. The lowest BCUT2D eigenvalue weighted by atomic mass is 10.1. The number of pyridine rings is 1. The maximum absolute atomic E-state index is 5.79. The Balaban J connectivity index is 1.72. The lowest BCUT2D eigenvalue weighted by Gasteiger charge is -2.04. The van der Waals surface area contributed by atoms with Crippen molar-refractivity contribution >= 4 is 34.3 Å². The molecule has 100 valence electrons. The van der Waals surface area contributed by atoms with Gasteiger partial charge in [0.05, 0.1) is 5.52 Å². The van der Waals surface area contributed by atoms with E-state index in [4.69, 9.17) is 11.6 Å². The molecule has 1 aromatic heterocycles. The second-order valence-electron chi connectivity index (χ2n) is 4.60. The molecule has 1 nitrogen and oxygen atoms in total. The number of fused-ring (bicyclic) bond motifs is 1. The van der Waals surface area contributed by atoms with E-state index in [-0.39, 0.29) is 0 Å². The van der Waals surface area contributed by atoms with Crippen molar-refractivity contribution in [1.29, 1.82) is 0 Å². The van der Waals surface area contributed by atoms with Crippen molar-refractivity contribution in [3.05, 3.63) is 71.9 Å². The van der Waals surface area contributed by atoms with E-state index in [2.05, 4.69) is 53.5 Å². The maximum Gasteiger partial charge on any atom is 0.0702 e. The van der Waals surface area contributed by atoms with E-state index in [0.29, 0.717) is 5.88 Å². The van der Waals surface area contributed by atoms with Crippen LogP contribution in [0.5, 0.6) is 0 Å². The molecule has 2 aromatic carbocycles. The first-order valence-corrected chi connectivity index (χ1v) is 7.98. The summed E-state index contributed by atoms with van der Waals surface area (Å²) in [7, 11) is 0. The average Bonchev–Trinajstić information content (AvgIpc) is 2.53. The monoisotopic (exact) mass is 299 g/mol. The molecule has 0 fully saturated rings. The lowest BCUT2D eigenvalue weighted by Crippen LogP contribution is -1.84. The fraction of sp³-hybridized carbons (Fsp3) is 0.118. The van der Waals surface area contributed by atoms with Crippen LogP contribution in [0.15, 0.2) is 65.7 Å². The number of hydrogen-bond donors (Lipinski definition) is 0. The minimum atomic E-state index is 0.572. The largest absolute Gasteiger partial charge is 0.256 e.